The highest BCUT2D eigenvalue weighted by molar-refractivity contribution is 5.96. The van der Waals surface area contributed by atoms with Crippen LogP contribution in [-0.2, 0) is 23.9 Å². The van der Waals surface area contributed by atoms with E-state index < -0.39 is 58.0 Å². The maximum atomic E-state index is 14.7. The van der Waals surface area contributed by atoms with Gasteiger partial charge in [-0.25, -0.2) is 4.79 Å². The molecule has 8 atom stereocenters. The Hall–Kier alpha value is -2.29. The van der Waals surface area contributed by atoms with E-state index >= 15 is 0 Å². The predicted octanol–water partition coefficient (Wildman–Crippen LogP) is 5.14. The van der Waals surface area contributed by atoms with Gasteiger partial charge in [-0.15, -0.1) is 0 Å². The maximum Gasteiger partial charge on any atom is 0.333 e. The Labute approximate surface area is 256 Å². The van der Waals surface area contributed by atoms with Crippen LogP contribution in [0.2, 0.25) is 0 Å². The summed E-state index contributed by atoms with van der Waals surface area (Å²) in [7, 11) is 0. The molecule has 43 heavy (non-hydrogen) atoms. The molecule has 2 bridgehead atoms. The minimum Gasteiger partial charge on any atom is -0.458 e. The molecule has 0 aromatic heterocycles. The molecule has 0 aromatic rings. The summed E-state index contributed by atoms with van der Waals surface area (Å²) in [6, 6.07) is 0. The summed E-state index contributed by atoms with van der Waals surface area (Å²) in [4.78, 5) is 40.5. The average molecular weight is 601 g/mol. The minimum absolute atomic E-state index is 0.155. The second kappa shape index (κ2) is 12.2. The number of allylic oxidation sites excluding steroid dienone is 2. The molecule has 4 aliphatic carbocycles. The first kappa shape index (κ1) is 33.6. The van der Waals surface area contributed by atoms with Crippen molar-refractivity contribution in [2.24, 2.45) is 28.6 Å². The first-order valence-electron chi connectivity index (χ1n) is 16.2. The number of unbranched alkanes of at least 4 members (excludes halogenated alkanes) is 6. The van der Waals surface area contributed by atoms with E-state index in [2.05, 4.69) is 6.92 Å². The van der Waals surface area contributed by atoms with Gasteiger partial charge in [0.25, 0.3) is 0 Å². The first-order chi connectivity index (χ1) is 20.2. The largest absolute Gasteiger partial charge is 0.458 e. The van der Waals surface area contributed by atoms with Crippen LogP contribution in [0.5, 0.6) is 0 Å². The van der Waals surface area contributed by atoms with E-state index in [0.29, 0.717) is 24.0 Å². The van der Waals surface area contributed by atoms with Gasteiger partial charge >= 0.3 is 11.9 Å². The average Bonchev–Trinajstić information content (AvgIpc) is 3.37. The molecular weight excluding hydrogens is 548 g/mol. The van der Waals surface area contributed by atoms with Crippen LogP contribution in [-0.4, -0.2) is 63.1 Å². The molecule has 0 saturated heterocycles. The van der Waals surface area contributed by atoms with Crippen molar-refractivity contribution >= 4 is 17.7 Å². The Balaban J connectivity index is 1.67. The third-order valence-electron chi connectivity index (χ3n) is 11.3. The van der Waals surface area contributed by atoms with Crippen molar-refractivity contribution in [1.29, 1.82) is 0 Å². The van der Waals surface area contributed by atoms with Gasteiger partial charge in [0, 0.05) is 29.2 Å². The third kappa shape index (κ3) is 5.15. The van der Waals surface area contributed by atoms with Gasteiger partial charge in [0.05, 0.1) is 5.41 Å². The minimum atomic E-state index is -2.28. The SMILES string of the molecule is C/C=C(\C)C(=O)OCC1=C[C@@H]2C(=O)[C@]3(C=C(C)[C@H](O)[C@@]3(O)[C@@H]1O)[C@H](C)C[C@]1(OC(=O)CCCCCCCCC)[C@H]2C1(C)C. The topological polar surface area (TPSA) is 130 Å². The molecule has 4 rings (SSSR count). The molecular formula is C35H52O8. The van der Waals surface area contributed by atoms with Gasteiger partial charge in [0.2, 0.25) is 0 Å². The zero-order chi connectivity index (χ0) is 32.0. The van der Waals surface area contributed by atoms with Gasteiger partial charge in [0.15, 0.2) is 5.78 Å². The number of ether oxygens (including phenoxy) is 2. The Morgan fingerprint density at radius 3 is 2.33 bits per heavy atom. The van der Waals surface area contributed by atoms with Gasteiger partial charge < -0.3 is 24.8 Å². The quantitative estimate of drug-likeness (QED) is 0.122. The normalized spacial score (nSPS) is 37.8. The fourth-order valence-corrected chi connectivity index (χ4v) is 8.58. The molecule has 0 radical (unpaired) electrons. The van der Waals surface area contributed by atoms with Crippen LogP contribution in [0.1, 0.15) is 106 Å². The molecule has 2 saturated carbocycles. The Kier molecular flexibility index (Phi) is 9.57. The lowest BCUT2D eigenvalue weighted by Crippen LogP contribution is -2.65. The highest BCUT2D eigenvalue weighted by atomic mass is 16.6. The molecule has 2 fully saturated rings. The molecule has 0 aliphatic heterocycles. The summed E-state index contributed by atoms with van der Waals surface area (Å²) >= 11 is 0. The van der Waals surface area contributed by atoms with Gasteiger partial charge in [0.1, 0.15) is 30.0 Å². The number of fused-ring (bicyclic) bond motifs is 3. The summed E-state index contributed by atoms with van der Waals surface area (Å²) in [5.74, 6) is -3.00. The van der Waals surface area contributed by atoms with Crippen LogP contribution in [0.25, 0.3) is 0 Å². The maximum absolute atomic E-state index is 14.7. The molecule has 240 valence electrons. The van der Waals surface area contributed by atoms with E-state index in [-0.39, 0.29) is 23.9 Å². The van der Waals surface area contributed by atoms with Crippen LogP contribution in [0.15, 0.2) is 34.9 Å². The third-order valence-corrected chi connectivity index (χ3v) is 11.3. The van der Waals surface area contributed by atoms with Gasteiger partial charge in [-0.05, 0) is 50.7 Å². The Morgan fingerprint density at radius 2 is 1.70 bits per heavy atom. The van der Waals surface area contributed by atoms with E-state index in [1.54, 1.807) is 39.0 Å². The zero-order valence-electron chi connectivity index (χ0n) is 27.1. The Morgan fingerprint density at radius 1 is 1.07 bits per heavy atom. The lowest BCUT2D eigenvalue weighted by molar-refractivity contribution is -0.192. The number of carbonyl (C=O) groups is 3. The highest BCUT2D eigenvalue weighted by Gasteiger charge is 2.83. The second-order valence-corrected chi connectivity index (χ2v) is 14.1. The molecule has 0 heterocycles. The van der Waals surface area contributed by atoms with Crippen LogP contribution in [0.3, 0.4) is 0 Å². The summed E-state index contributed by atoms with van der Waals surface area (Å²) in [6.07, 6.45) is 9.86. The molecule has 3 N–H and O–H groups in total. The molecule has 0 amide bonds. The van der Waals surface area contributed by atoms with Crippen LogP contribution in [0.4, 0.5) is 0 Å². The fraction of sp³-hybridized carbons (Fsp3) is 0.743. The van der Waals surface area contributed by atoms with Crippen molar-refractivity contribution < 1.29 is 39.2 Å². The van der Waals surface area contributed by atoms with E-state index in [9.17, 15) is 29.7 Å². The molecule has 8 nitrogen and oxygen atoms in total. The summed E-state index contributed by atoms with van der Waals surface area (Å²) in [6.45, 7) is 12.6. The zero-order valence-corrected chi connectivity index (χ0v) is 27.1. The first-order valence-corrected chi connectivity index (χ1v) is 16.2. The summed E-state index contributed by atoms with van der Waals surface area (Å²) in [5, 5.41) is 35.3. The number of Topliss-reactive ketones (excluding diaryl/α,β-unsaturated/α-hetero) is 1. The van der Waals surface area contributed by atoms with Crippen LogP contribution < -0.4 is 0 Å². The van der Waals surface area contributed by atoms with E-state index in [1.165, 1.54) is 19.3 Å². The number of ketones is 1. The number of hydrogen-bond donors (Lipinski definition) is 3. The fourth-order valence-electron chi connectivity index (χ4n) is 8.58. The molecule has 0 unspecified atom stereocenters. The highest BCUT2D eigenvalue weighted by Crippen LogP contribution is 2.75. The number of rotatable bonds is 12. The number of aliphatic hydroxyl groups excluding tert-OH is 2. The predicted molar refractivity (Wildman–Crippen MR) is 163 cm³/mol. The number of aliphatic hydroxyl groups is 3. The lowest BCUT2D eigenvalue weighted by Gasteiger charge is -2.48. The van der Waals surface area contributed by atoms with E-state index in [4.69, 9.17) is 9.47 Å². The van der Waals surface area contributed by atoms with Crippen molar-refractivity contribution in [3.63, 3.8) is 0 Å². The number of hydrogen-bond acceptors (Lipinski definition) is 8. The number of carbonyl (C=O) groups excluding carboxylic acids is 3. The smallest absolute Gasteiger partial charge is 0.333 e. The van der Waals surface area contributed by atoms with Crippen molar-refractivity contribution in [2.75, 3.05) is 6.61 Å². The molecule has 0 aromatic carbocycles. The number of esters is 2. The van der Waals surface area contributed by atoms with Crippen molar-refractivity contribution in [3.8, 4) is 0 Å². The van der Waals surface area contributed by atoms with E-state index in [1.807, 2.05) is 20.8 Å². The standard InChI is InChI=1S/C35H52O8/c1-8-10-11-12-13-14-15-16-26(36)43-34-19-23(5)33-18-22(4)28(37)35(33,41)29(38)24(20-42-31(40)21(3)9-2)17-25(30(33)39)27(34)32(34,6)7/h9,17-18,23,25,27-29,37-38,41H,8,10-16,19-20H2,1-7H3/b21-9+/t23-,25+,27-,28+,29-,33+,34+,35-/m1/s1. The second-order valence-electron chi connectivity index (χ2n) is 14.1. The monoisotopic (exact) mass is 600 g/mol. The van der Waals surface area contributed by atoms with Crippen LogP contribution >= 0.6 is 0 Å². The Bertz CT molecular complexity index is 1210. The van der Waals surface area contributed by atoms with Gasteiger partial charge in [-0.1, -0.05) is 84.4 Å². The summed E-state index contributed by atoms with van der Waals surface area (Å²) < 4.78 is 11.8. The van der Waals surface area contributed by atoms with Crippen LogP contribution in [0, 0.1) is 28.6 Å². The van der Waals surface area contributed by atoms with E-state index in [0.717, 1.165) is 25.7 Å². The van der Waals surface area contributed by atoms with Crippen molar-refractivity contribution in [3.05, 3.63) is 34.9 Å². The molecule has 1 spiro atoms. The summed E-state index contributed by atoms with van der Waals surface area (Å²) in [5.41, 5.74) is -4.48. The van der Waals surface area contributed by atoms with Gasteiger partial charge in [-0.2, -0.15) is 0 Å². The lowest BCUT2D eigenvalue weighted by atomic mass is 9.59. The molecule has 4 aliphatic rings. The van der Waals surface area contributed by atoms with Crippen molar-refractivity contribution in [1.82, 2.24) is 0 Å². The van der Waals surface area contributed by atoms with Gasteiger partial charge in [-0.3, -0.25) is 9.59 Å². The molecule has 8 heteroatoms. The van der Waals surface area contributed by atoms with Crippen molar-refractivity contribution in [2.45, 2.75) is 130 Å².